The summed E-state index contributed by atoms with van der Waals surface area (Å²) in [6.07, 6.45) is -1.42. The van der Waals surface area contributed by atoms with Crippen LogP contribution in [-0.4, -0.2) is 55.6 Å². The van der Waals surface area contributed by atoms with Crippen molar-refractivity contribution in [2.75, 3.05) is 20.0 Å². The molecule has 0 radical (unpaired) electrons. The van der Waals surface area contributed by atoms with Crippen molar-refractivity contribution in [2.24, 2.45) is 0 Å². The third kappa shape index (κ3) is 4.22. The van der Waals surface area contributed by atoms with Crippen molar-refractivity contribution in [3.63, 3.8) is 0 Å². The molecule has 0 spiro atoms. The lowest BCUT2D eigenvalue weighted by molar-refractivity contribution is -0.226. The predicted octanol–water partition coefficient (Wildman–Crippen LogP) is 1.12. The minimum atomic E-state index is -0.617. The lowest BCUT2D eigenvalue weighted by Crippen LogP contribution is -2.57. The fourth-order valence-electron chi connectivity index (χ4n) is 1.90. The molecule has 5 heteroatoms. The minimum absolute atomic E-state index is 0.0959. The van der Waals surface area contributed by atoms with Crippen LogP contribution in [0.25, 0.3) is 0 Å². The predicted molar refractivity (Wildman–Crippen MR) is 67.1 cm³/mol. The van der Waals surface area contributed by atoms with Gasteiger partial charge in [0.25, 0.3) is 0 Å². The van der Waals surface area contributed by atoms with Crippen molar-refractivity contribution < 1.29 is 19.3 Å². The summed E-state index contributed by atoms with van der Waals surface area (Å²) in [5.41, 5.74) is 0. The molecule has 1 aliphatic rings. The van der Waals surface area contributed by atoms with Crippen LogP contribution < -0.4 is 0 Å². The number of hydrogen-bond acceptors (Lipinski definition) is 5. The largest absolute Gasteiger partial charge is 0.387 e. The van der Waals surface area contributed by atoms with Crippen molar-refractivity contribution >= 4 is 12.6 Å². The van der Waals surface area contributed by atoms with E-state index in [4.69, 9.17) is 14.2 Å². The van der Waals surface area contributed by atoms with E-state index >= 15 is 0 Å². The Balaban J connectivity index is 0.000000673. The Bertz CT molecular complexity index is 163. The summed E-state index contributed by atoms with van der Waals surface area (Å²) in [4.78, 5) is 0. The van der Waals surface area contributed by atoms with Gasteiger partial charge >= 0.3 is 0 Å². The van der Waals surface area contributed by atoms with Crippen molar-refractivity contribution in [3.8, 4) is 0 Å². The number of hydrogen-bond donors (Lipinski definition) is 2. The Morgan fingerprint density at radius 3 is 1.69 bits per heavy atom. The second-order valence-corrected chi connectivity index (χ2v) is 4.39. The summed E-state index contributed by atoms with van der Waals surface area (Å²) >= 11 is 3.79. The first-order chi connectivity index (χ1) is 7.53. The number of aliphatic hydroxyl groups excluding tert-OH is 1. The first-order valence-corrected chi connectivity index (χ1v) is 6.16. The van der Waals surface area contributed by atoms with E-state index in [1.165, 1.54) is 0 Å². The van der Waals surface area contributed by atoms with Crippen LogP contribution in [0.2, 0.25) is 0 Å². The molecule has 1 heterocycles. The van der Waals surface area contributed by atoms with Gasteiger partial charge in [-0.3, -0.25) is 0 Å². The second kappa shape index (κ2) is 8.31. The third-order valence-electron chi connectivity index (χ3n) is 2.57. The molecule has 3 unspecified atom stereocenters. The molecule has 0 bridgehead atoms. The third-order valence-corrected chi connectivity index (χ3v) is 2.57. The first-order valence-electron chi connectivity index (χ1n) is 5.53. The Labute approximate surface area is 104 Å². The monoisotopic (exact) mass is 252 g/mol. The van der Waals surface area contributed by atoms with Gasteiger partial charge in [0, 0.05) is 14.2 Å². The zero-order valence-corrected chi connectivity index (χ0v) is 11.6. The summed E-state index contributed by atoms with van der Waals surface area (Å²) < 4.78 is 15.8. The van der Waals surface area contributed by atoms with E-state index in [9.17, 15) is 5.11 Å². The second-order valence-electron chi connectivity index (χ2n) is 3.75. The van der Waals surface area contributed by atoms with Crippen molar-refractivity contribution in [2.45, 2.75) is 51.3 Å². The molecule has 5 atom stereocenters. The van der Waals surface area contributed by atoms with E-state index in [0.717, 1.165) is 5.75 Å². The molecule has 4 nitrogen and oxygen atoms in total. The summed E-state index contributed by atoms with van der Waals surface area (Å²) in [5.74, 6) is 0.944. The van der Waals surface area contributed by atoms with Gasteiger partial charge in [-0.15, -0.1) is 0 Å². The Hall–Kier alpha value is 0.190. The molecular formula is C11H24O4S. The number of methoxy groups -OCH3 is 2. The highest BCUT2D eigenvalue weighted by Gasteiger charge is 2.41. The molecule has 0 amide bonds. The van der Waals surface area contributed by atoms with Crippen LogP contribution in [0.4, 0.5) is 0 Å². The fraction of sp³-hybridized carbons (Fsp3) is 1.00. The zero-order valence-electron chi connectivity index (χ0n) is 10.7. The van der Waals surface area contributed by atoms with Crippen LogP contribution in [0, 0.1) is 0 Å². The first kappa shape index (κ1) is 16.2. The molecule has 0 aromatic carbocycles. The van der Waals surface area contributed by atoms with Gasteiger partial charge < -0.3 is 19.3 Å². The van der Waals surface area contributed by atoms with Crippen LogP contribution in [0.5, 0.6) is 0 Å². The van der Waals surface area contributed by atoms with Crippen molar-refractivity contribution in [3.05, 3.63) is 0 Å². The molecule has 98 valence electrons. The normalized spacial score (nSPS) is 38.8. The highest BCUT2D eigenvalue weighted by atomic mass is 32.1. The van der Waals surface area contributed by atoms with Crippen LogP contribution in [-0.2, 0) is 14.2 Å². The SMILES string of the molecule is CCS.COC1C(O)[C@@H](OC)C(C)O[C@H]1C. The lowest BCUT2D eigenvalue weighted by atomic mass is 9.96. The number of rotatable bonds is 2. The van der Waals surface area contributed by atoms with Gasteiger partial charge in [0.1, 0.15) is 18.3 Å². The maximum atomic E-state index is 9.84. The Morgan fingerprint density at radius 1 is 1.12 bits per heavy atom. The van der Waals surface area contributed by atoms with Crippen LogP contribution in [0.3, 0.4) is 0 Å². The molecule has 0 saturated carbocycles. The highest BCUT2D eigenvalue weighted by molar-refractivity contribution is 7.80. The van der Waals surface area contributed by atoms with Gasteiger partial charge in [0.15, 0.2) is 0 Å². The molecule has 1 N–H and O–H groups in total. The van der Waals surface area contributed by atoms with Gasteiger partial charge in [-0.2, -0.15) is 12.6 Å². The standard InChI is InChI=1S/C9H18O4.C2H6S/c1-5-8(11-3)7(10)9(12-4)6(2)13-5;1-2-3/h5-10H,1-4H3;3H,2H2,1H3/t5-,6?,7?,8?,9-;/m0./s1. The van der Waals surface area contributed by atoms with Gasteiger partial charge in [0.05, 0.1) is 12.2 Å². The molecule has 1 saturated heterocycles. The number of ether oxygens (including phenoxy) is 3. The fourth-order valence-corrected chi connectivity index (χ4v) is 1.90. The number of aliphatic hydroxyl groups is 1. The number of thiol groups is 1. The maximum absolute atomic E-state index is 9.84. The van der Waals surface area contributed by atoms with Gasteiger partial charge in [-0.25, -0.2) is 0 Å². The summed E-state index contributed by atoms with van der Waals surface area (Å²) in [6.45, 7) is 5.77. The minimum Gasteiger partial charge on any atom is -0.387 e. The van der Waals surface area contributed by atoms with E-state index < -0.39 is 6.10 Å². The van der Waals surface area contributed by atoms with Gasteiger partial charge in [-0.05, 0) is 19.6 Å². The molecule has 1 rings (SSSR count). The van der Waals surface area contributed by atoms with E-state index in [1.807, 2.05) is 20.8 Å². The average Bonchev–Trinajstić information content (AvgIpc) is 2.19. The maximum Gasteiger partial charge on any atom is 0.111 e. The van der Waals surface area contributed by atoms with E-state index in [2.05, 4.69) is 12.6 Å². The Kier molecular flexibility index (Phi) is 8.40. The van der Waals surface area contributed by atoms with Crippen LogP contribution in [0.15, 0.2) is 0 Å². The molecule has 0 aromatic rings. The molecule has 0 aromatic heterocycles. The van der Waals surface area contributed by atoms with Crippen molar-refractivity contribution in [1.29, 1.82) is 0 Å². The van der Waals surface area contributed by atoms with E-state index in [1.54, 1.807) is 14.2 Å². The quantitative estimate of drug-likeness (QED) is 0.723. The topological polar surface area (TPSA) is 47.9 Å². The smallest absolute Gasteiger partial charge is 0.111 e. The molecular weight excluding hydrogens is 228 g/mol. The van der Waals surface area contributed by atoms with Gasteiger partial charge in [-0.1, -0.05) is 6.92 Å². The van der Waals surface area contributed by atoms with Gasteiger partial charge in [0.2, 0.25) is 0 Å². The van der Waals surface area contributed by atoms with Crippen molar-refractivity contribution in [1.82, 2.24) is 0 Å². The van der Waals surface area contributed by atoms with Crippen LogP contribution in [0.1, 0.15) is 20.8 Å². The molecule has 1 fully saturated rings. The molecule has 16 heavy (non-hydrogen) atoms. The lowest BCUT2D eigenvalue weighted by Gasteiger charge is -2.41. The zero-order chi connectivity index (χ0) is 12.7. The van der Waals surface area contributed by atoms with E-state index in [0.29, 0.717) is 0 Å². The summed E-state index contributed by atoms with van der Waals surface area (Å²) in [6, 6.07) is 0. The summed E-state index contributed by atoms with van der Waals surface area (Å²) in [5, 5.41) is 9.84. The Morgan fingerprint density at radius 2 is 1.44 bits per heavy atom. The average molecular weight is 252 g/mol. The highest BCUT2D eigenvalue weighted by Crippen LogP contribution is 2.24. The van der Waals surface area contributed by atoms with Crippen LogP contribution >= 0.6 is 12.6 Å². The molecule has 0 aliphatic carbocycles. The summed E-state index contributed by atoms with van der Waals surface area (Å²) in [7, 11) is 3.13. The molecule has 1 aliphatic heterocycles. The van der Waals surface area contributed by atoms with E-state index in [-0.39, 0.29) is 24.4 Å².